The van der Waals surface area contributed by atoms with Gasteiger partial charge in [-0.1, -0.05) is 28.4 Å². The molecule has 0 bridgehead atoms. The van der Waals surface area contributed by atoms with Crippen LogP contribution in [-0.4, -0.2) is 48.2 Å². The molecule has 9 heteroatoms. The summed E-state index contributed by atoms with van der Waals surface area (Å²) < 4.78 is 7.10. The Hall–Kier alpha value is -1.31. The van der Waals surface area contributed by atoms with Crippen LogP contribution in [0.3, 0.4) is 0 Å². The smallest absolute Gasteiger partial charge is 0.228 e. The summed E-state index contributed by atoms with van der Waals surface area (Å²) in [6, 6.07) is 1.94. The summed E-state index contributed by atoms with van der Waals surface area (Å²) in [6.45, 7) is 5.17. The predicted molar refractivity (Wildman–Crippen MR) is 119 cm³/mol. The number of ether oxygens (including phenoxy) is 1. The number of oxime groups is 1. The van der Waals surface area contributed by atoms with Gasteiger partial charge >= 0.3 is 0 Å². The van der Waals surface area contributed by atoms with Crippen LogP contribution in [0.1, 0.15) is 38.3 Å². The summed E-state index contributed by atoms with van der Waals surface area (Å²) in [7, 11) is 1.98. The van der Waals surface area contributed by atoms with Crippen molar-refractivity contribution in [2.75, 3.05) is 20.2 Å². The molecule has 6 nitrogen and oxygen atoms in total. The topological polar surface area (TPSA) is 59.3 Å². The molecule has 0 radical (unpaired) electrons. The normalized spacial score (nSPS) is 16.8. The number of hydrogen-bond acceptors (Lipinski definition) is 5. The van der Waals surface area contributed by atoms with Crippen molar-refractivity contribution in [2.45, 2.75) is 45.6 Å². The number of nitrogens with zero attached hydrogens (tertiary/aromatic N) is 4. The monoisotopic (exact) mass is 490 g/mol. The Labute approximate surface area is 184 Å². The van der Waals surface area contributed by atoms with E-state index >= 15 is 0 Å². The zero-order valence-electron chi connectivity index (χ0n) is 16.3. The fourth-order valence-corrected chi connectivity index (χ4v) is 3.05. The van der Waals surface area contributed by atoms with Crippen LogP contribution in [0.25, 0.3) is 0 Å². The van der Waals surface area contributed by atoms with Gasteiger partial charge < -0.3 is 14.5 Å². The molecule has 0 amide bonds. The Balaban J connectivity index is 1.91. The highest BCUT2D eigenvalue weighted by atomic mass is 79.9. The molecule has 0 saturated heterocycles. The van der Waals surface area contributed by atoms with E-state index in [1.807, 2.05) is 24.9 Å². The Morgan fingerprint density at radius 1 is 1.39 bits per heavy atom. The van der Waals surface area contributed by atoms with E-state index in [-0.39, 0.29) is 17.2 Å². The first-order valence-corrected chi connectivity index (χ1v) is 10.7. The fourth-order valence-electron chi connectivity index (χ4n) is 2.53. The van der Waals surface area contributed by atoms with Crippen molar-refractivity contribution < 1.29 is 9.57 Å². The van der Waals surface area contributed by atoms with E-state index in [0.29, 0.717) is 5.88 Å². The minimum atomic E-state index is 0.0971. The molecular weight excluding hydrogens is 467 g/mol. The van der Waals surface area contributed by atoms with Crippen LogP contribution in [0.5, 0.6) is 5.88 Å². The van der Waals surface area contributed by atoms with Gasteiger partial charge in [-0.2, -0.15) is 0 Å². The third kappa shape index (κ3) is 7.60. The zero-order chi connectivity index (χ0) is 20.5. The van der Waals surface area contributed by atoms with Crippen molar-refractivity contribution in [3.05, 3.63) is 26.8 Å². The molecule has 1 aromatic rings. The van der Waals surface area contributed by atoms with Gasteiger partial charge in [0.15, 0.2) is 0 Å². The number of hydrogen-bond donors (Lipinski definition) is 0. The highest BCUT2D eigenvalue weighted by Crippen LogP contribution is 2.32. The van der Waals surface area contributed by atoms with Crippen LogP contribution >= 0.6 is 39.1 Å². The van der Waals surface area contributed by atoms with E-state index in [1.54, 1.807) is 12.4 Å². The molecule has 0 aromatic carbocycles. The van der Waals surface area contributed by atoms with E-state index in [4.69, 9.17) is 32.8 Å². The van der Waals surface area contributed by atoms with Gasteiger partial charge in [0.25, 0.3) is 0 Å². The van der Waals surface area contributed by atoms with Gasteiger partial charge in [-0.3, -0.25) is 0 Å². The molecule has 0 N–H and O–H groups in total. The third-order valence-electron chi connectivity index (χ3n) is 4.29. The molecule has 0 aliphatic heterocycles. The van der Waals surface area contributed by atoms with Crippen LogP contribution in [0.15, 0.2) is 31.3 Å². The first-order valence-electron chi connectivity index (χ1n) is 9.16. The number of aromatic nitrogens is 1. The molecule has 0 unspecified atom stereocenters. The Morgan fingerprint density at radius 2 is 2.11 bits per heavy atom. The minimum absolute atomic E-state index is 0.0971. The molecule has 1 heterocycles. The highest BCUT2D eigenvalue weighted by Gasteiger charge is 2.21. The minimum Gasteiger partial charge on any atom is -0.474 e. The molecule has 1 saturated carbocycles. The maximum absolute atomic E-state index is 6.11. The maximum Gasteiger partial charge on any atom is 0.228 e. The van der Waals surface area contributed by atoms with Crippen molar-refractivity contribution >= 4 is 56.9 Å². The molecule has 1 fully saturated rings. The van der Waals surface area contributed by atoms with Crippen molar-refractivity contribution in [3.63, 3.8) is 0 Å². The molecule has 1 aliphatic rings. The predicted octanol–water partition coefficient (Wildman–Crippen LogP) is 5.78. The van der Waals surface area contributed by atoms with E-state index in [1.165, 1.54) is 0 Å². The number of aryl methyl sites for hydroxylation is 1. The lowest BCUT2D eigenvalue weighted by molar-refractivity contribution is 0.156. The van der Waals surface area contributed by atoms with E-state index in [2.05, 4.69) is 38.0 Å². The average Bonchev–Trinajstić information content (AvgIpc) is 2.67. The molecule has 0 atom stereocenters. The first kappa shape index (κ1) is 23.0. The highest BCUT2D eigenvalue weighted by molar-refractivity contribution is 9.10. The van der Waals surface area contributed by atoms with Gasteiger partial charge in [0, 0.05) is 13.6 Å². The van der Waals surface area contributed by atoms with Crippen molar-refractivity contribution in [1.82, 2.24) is 9.88 Å². The lowest BCUT2D eigenvalue weighted by Crippen LogP contribution is -2.25. The first-order chi connectivity index (χ1) is 13.4. The summed E-state index contributed by atoms with van der Waals surface area (Å²) in [5.41, 5.74) is 2.67. The molecule has 1 aromatic heterocycles. The molecule has 2 rings (SSSR count). The van der Waals surface area contributed by atoms with Gasteiger partial charge in [0.05, 0.1) is 27.9 Å². The van der Waals surface area contributed by atoms with E-state index in [9.17, 15) is 0 Å². The lowest BCUT2D eigenvalue weighted by Gasteiger charge is -2.24. The van der Waals surface area contributed by atoms with Crippen LogP contribution in [0.4, 0.5) is 5.69 Å². The Kier molecular flexibility index (Phi) is 9.55. The average molecular weight is 492 g/mol. The third-order valence-corrected chi connectivity index (χ3v) is 5.17. The molecule has 28 heavy (non-hydrogen) atoms. The summed E-state index contributed by atoms with van der Waals surface area (Å²) in [6.07, 6.45) is 6.83. The van der Waals surface area contributed by atoms with Gasteiger partial charge in [-0.05, 0) is 67.6 Å². The Bertz CT molecular complexity index is 742. The van der Waals surface area contributed by atoms with Gasteiger partial charge in [0.1, 0.15) is 17.2 Å². The second kappa shape index (κ2) is 11.6. The number of halogens is 3. The van der Waals surface area contributed by atoms with Crippen molar-refractivity contribution in [3.8, 4) is 5.88 Å². The summed E-state index contributed by atoms with van der Waals surface area (Å²) in [4.78, 5) is 16.3. The van der Waals surface area contributed by atoms with Crippen molar-refractivity contribution in [2.24, 2.45) is 10.1 Å². The second-order valence-electron chi connectivity index (χ2n) is 6.46. The number of aliphatic imine (C=N–C) groups is 1. The summed E-state index contributed by atoms with van der Waals surface area (Å²) in [5.74, 6) is 0.601. The van der Waals surface area contributed by atoms with Crippen molar-refractivity contribution in [1.29, 1.82) is 0 Å². The second-order valence-corrected chi connectivity index (χ2v) is 8.32. The van der Waals surface area contributed by atoms with Crippen LogP contribution < -0.4 is 4.74 Å². The molecule has 0 spiro atoms. The molecule has 154 valence electrons. The lowest BCUT2D eigenvalue weighted by atomic mass is 9.96. The zero-order valence-corrected chi connectivity index (χ0v) is 19.4. The standard InChI is InChI=1S/C19H25BrCl2N4O2/c1-4-26(3)12-23-17-11-16(20)19(24-13(17)2)28-15-7-5-14(6-8-15)25-27-10-9-18(21)22/h9,11-12,15H,4-8,10H2,1-3H3/b23-12+,25-14?. The quantitative estimate of drug-likeness (QED) is 0.200. The van der Waals surface area contributed by atoms with Crippen LogP contribution in [-0.2, 0) is 4.84 Å². The number of rotatable bonds is 8. The van der Waals surface area contributed by atoms with Gasteiger partial charge in [-0.25, -0.2) is 9.98 Å². The van der Waals surface area contributed by atoms with Gasteiger partial charge in [0.2, 0.25) is 5.88 Å². The summed E-state index contributed by atoms with van der Waals surface area (Å²) >= 11 is 14.6. The number of pyridine rings is 1. The fraction of sp³-hybridized carbons (Fsp3) is 0.526. The van der Waals surface area contributed by atoms with Crippen LogP contribution in [0.2, 0.25) is 0 Å². The molecular formula is C19H25BrCl2N4O2. The van der Waals surface area contributed by atoms with Gasteiger partial charge in [-0.15, -0.1) is 0 Å². The molecule has 1 aliphatic carbocycles. The Morgan fingerprint density at radius 3 is 2.75 bits per heavy atom. The maximum atomic E-state index is 6.11. The summed E-state index contributed by atoms with van der Waals surface area (Å²) in [5, 5.41) is 4.14. The van der Waals surface area contributed by atoms with E-state index in [0.717, 1.165) is 53.8 Å². The SMILES string of the molecule is CCN(C)/C=N/c1cc(Br)c(OC2CCC(=NOCC=C(Cl)Cl)CC2)nc1C. The largest absolute Gasteiger partial charge is 0.474 e. The van der Waals surface area contributed by atoms with E-state index < -0.39 is 0 Å². The van der Waals surface area contributed by atoms with Crippen LogP contribution in [0, 0.1) is 6.92 Å².